The maximum absolute atomic E-state index is 12.4. The summed E-state index contributed by atoms with van der Waals surface area (Å²) in [7, 11) is 0. The van der Waals surface area contributed by atoms with Crippen LogP contribution in [0.15, 0.2) is 35.8 Å². The number of amides is 1. The van der Waals surface area contributed by atoms with Gasteiger partial charge in [-0.2, -0.15) is 0 Å². The number of Topliss-reactive ketones (excluding diaryl/α,β-unsaturated/α-hetero) is 1. The predicted molar refractivity (Wildman–Crippen MR) is 95.7 cm³/mol. The van der Waals surface area contributed by atoms with Crippen molar-refractivity contribution in [1.82, 2.24) is 9.88 Å². The molecule has 2 heterocycles. The Bertz CT molecular complexity index is 707. The Hall–Kier alpha value is -2.21. The van der Waals surface area contributed by atoms with Gasteiger partial charge < -0.3 is 9.80 Å². The second-order valence-corrected chi connectivity index (χ2v) is 6.81. The number of hydrogen-bond donors (Lipinski definition) is 0. The number of ketones is 1. The highest BCUT2D eigenvalue weighted by molar-refractivity contribution is 7.13. The standard InChI is InChI=1S/C18H21N3O2S/c1-14(22)16-4-2-3-15(13-16)5-6-17(23)20-8-10-21(11-9-20)18-19-7-12-24-18/h2-4,7,12-13H,5-6,8-11H2,1H3. The highest BCUT2D eigenvalue weighted by Crippen LogP contribution is 2.19. The fourth-order valence-electron chi connectivity index (χ4n) is 2.87. The molecule has 0 spiro atoms. The summed E-state index contributed by atoms with van der Waals surface area (Å²) in [4.78, 5) is 32.3. The lowest BCUT2D eigenvalue weighted by Crippen LogP contribution is -2.48. The first-order chi connectivity index (χ1) is 11.6. The average Bonchev–Trinajstić information content (AvgIpc) is 3.14. The monoisotopic (exact) mass is 343 g/mol. The van der Waals surface area contributed by atoms with E-state index in [2.05, 4.69) is 9.88 Å². The molecule has 2 aromatic rings. The SMILES string of the molecule is CC(=O)c1cccc(CCC(=O)N2CCN(c3nccs3)CC2)c1. The first-order valence-electron chi connectivity index (χ1n) is 8.15. The highest BCUT2D eigenvalue weighted by atomic mass is 32.1. The summed E-state index contributed by atoms with van der Waals surface area (Å²) in [6.07, 6.45) is 2.97. The minimum atomic E-state index is 0.0569. The van der Waals surface area contributed by atoms with Crippen molar-refractivity contribution >= 4 is 28.2 Å². The molecule has 5 nitrogen and oxygen atoms in total. The molecular formula is C18H21N3O2S. The van der Waals surface area contributed by atoms with E-state index in [-0.39, 0.29) is 11.7 Å². The van der Waals surface area contributed by atoms with Gasteiger partial charge in [-0.05, 0) is 25.0 Å². The van der Waals surface area contributed by atoms with Gasteiger partial charge in [0.05, 0.1) is 0 Å². The van der Waals surface area contributed by atoms with Crippen LogP contribution in [0.25, 0.3) is 0 Å². The number of anilines is 1. The number of carbonyl (C=O) groups excluding carboxylic acids is 2. The fraction of sp³-hybridized carbons (Fsp3) is 0.389. The fourth-order valence-corrected chi connectivity index (χ4v) is 3.57. The highest BCUT2D eigenvalue weighted by Gasteiger charge is 2.22. The Morgan fingerprint density at radius 1 is 1.21 bits per heavy atom. The third-order valence-corrected chi connectivity index (χ3v) is 5.12. The summed E-state index contributed by atoms with van der Waals surface area (Å²) in [5.74, 6) is 0.239. The Morgan fingerprint density at radius 3 is 2.67 bits per heavy atom. The van der Waals surface area contributed by atoms with E-state index in [1.807, 2.05) is 40.7 Å². The number of rotatable bonds is 5. The number of aromatic nitrogens is 1. The van der Waals surface area contributed by atoms with E-state index in [1.165, 1.54) is 0 Å². The zero-order chi connectivity index (χ0) is 16.9. The van der Waals surface area contributed by atoms with Crippen LogP contribution in [-0.2, 0) is 11.2 Å². The number of aryl methyl sites for hydroxylation is 1. The van der Waals surface area contributed by atoms with Crippen molar-refractivity contribution in [3.63, 3.8) is 0 Å². The van der Waals surface area contributed by atoms with Crippen LogP contribution < -0.4 is 4.90 Å². The van der Waals surface area contributed by atoms with Gasteiger partial charge in [-0.1, -0.05) is 18.2 Å². The molecule has 0 atom stereocenters. The number of thiazole rings is 1. The third kappa shape index (κ3) is 4.00. The van der Waals surface area contributed by atoms with E-state index >= 15 is 0 Å². The largest absolute Gasteiger partial charge is 0.345 e. The number of carbonyl (C=O) groups is 2. The average molecular weight is 343 g/mol. The van der Waals surface area contributed by atoms with Crippen LogP contribution in [0.1, 0.15) is 29.3 Å². The van der Waals surface area contributed by atoms with Gasteiger partial charge in [0.2, 0.25) is 5.91 Å². The van der Waals surface area contributed by atoms with Gasteiger partial charge in [0.1, 0.15) is 0 Å². The first kappa shape index (κ1) is 16.6. The van der Waals surface area contributed by atoms with Crippen molar-refractivity contribution in [3.05, 3.63) is 47.0 Å². The second-order valence-electron chi connectivity index (χ2n) is 5.94. The molecular weight excluding hydrogens is 322 g/mol. The number of piperazine rings is 1. The Morgan fingerprint density at radius 2 is 2.00 bits per heavy atom. The van der Waals surface area contributed by atoms with Gasteiger partial charge in [-0.3, -0.25) is 9.59 Å². The molecule has 6 heteroatoms. The minimum Gasteiger partial charge on any atom is -0.345 e. The summed E-state index contributed by atoms with van der Waals surface area (Å²) in [5, 5.41) is 3.00. The Balaban J connectivity index is 1.49. The molecule has 1 aliphatic rings. The summed E-state index contributed by atoms with van der Waals surface area (Å²) in [6, 6.07) is 7.55. The zero-order valence-corrected chi connectivity index (χ0v) is 14.6. The van der Waals surface area contributed by atoms with Crippen molar-refractivity contribution in [2.75, 3.05) is 31.1 Å². The lowest BCUT2D eigenvalue weighted by molar-refractivity contribution is -0.131. The van der Waals surface area contributed by atoms with E-state index in [4.69, 9.17) is 0 Å². The molecule has 1 aromatic carbocycles. The van der Waals surface area contributed by atoms with Gasteiger partial charge in [-0.25, -0.2) is 4.98 Å². The van der Waals surface area contributed by atoms with Crippen molar-refractivity contribution in [2.45, 2.75) is 19.8 Å². The van der Waals surface area contributed by atoms with E-state index in [0.29, 0.717) is 18.4 Å². The molecule has 1 saturated heterocycles. The third-order valence-electron chi connectivity index (χ3n) is 4.28. The minimum absolute atomic E-state index is 0.0569. The van der Waals surface area contributed by atoms with E-state index in [1.54, 1.807) is 18.3 Å². The molecule has 0 aliphatic carbocycles. The van der Waals surface area contributed by atoms with Gasteiger partial charge >= 0.3 is 0 Å². The van der Waals surface area contributed by atoms with E-state index in [9.17, 15) is 9.59 Å². The lowest BCUT2D eigenvalue weighted by Gasteiger charge is -2.34. The van der Waals surface area contributed by atoms with Crippen LogP contribution in [0.3, 0.4) is 0 Å². The predicted octanol–water partition coefficient (Wildman–Crippen LogP) is 2.63. The van der Waals surface area contributed by atoms with Crippen LogP contribution in [0, 0.1) is 0 Å². The quantitative estimate of drug-likeness (QED) is 0.783. The molecule has 1 aliphatic heterocycles. The molecule has 1 fully saturated rings. The lowest BCUT2D eigenvalue weighted by atomic mass is 10.0. The second kappa shape index (κ2) is 7.57. The van der Waals surface area contributed by atoms with Crippen molar-refractivity contribution in [1.29, 1.82) is 0 Å². The zero-order valence-electron chi connectivity index (χ0n) is 13.8. The molecule has 0 radical (unpaired) electrons. The van der Waals surface area contributed by atoms with Crippen molar-refractivity contribution < 1.29 is 9.59 Å². The molecule has 1 aromatic heterocycles. The first-order valence-corrected chi connectivity index (χ1v) is 9.03. The van der Waals surface area contributed by atoms with E-state index < -0.39 is 0 Å². The van der Waals surface area contributed by atoms with Gasteiger partial charge in [0.15, 0.2) is 10.9 Å². The molecule has 0 N–H and O–H groups in total. The van der Waals surface area contributed by atoms with Crippen LogP contribution in [0.5, 0.6) is 0 Å². The molecule has 1 amide bonds. The van der Waals surface area contributed by atoms with Crippen LogP contribution in [0.2, 0.25) is 0 Å². The van der Waals surface area contributed by atoms with Crippen molar-refractivity contribution in [2.24, 2.45) is 0 Å². The number of benzene rings is 1. The van der Waals surface area contributed by atoms with Gasteiger partial charge in [0, 0.05) is 49.7 Å². The maximum atomic E-state index is 12.4. The van der Waals surface area contributed by atoms with Gasteiger partial charge in [0.25, 0.3) is 0 Å². The molecule has 3 rings (SSSR count). The summed E-state index contributed by atoms with van der Waals surface area (Å²) in [5.41, 5.74) is 1.74. The smallest absolute Gasteiger partial charge is 0.223 e. The van der Waals surface area contributed by atoms with Crippen molar-refractivity contribution in [3.8, 4) is 0 Å². The molecule has 0 bridgehead atoms. The maximum Gasteiger partial charge on any atom is 0.223 e. The number of nitrogens with zero attached hydrogens (tertiary/aromatic N) is 3. The van der Waals surface area contributed by atoms with Gasteiger partial charge in [-0.15, -0.1) is 11.3 Å². The Labute approximate surface area is 145 Å². The molecule has 0 unspecified atom stereocenters. The van der Waals surface area contributed by atoms with Crippen LogP contribution in [-0.4, -0.2) is 47.8 Å². The summed E-state index contributed by atoms with van der Waals surface area (Å²) in [6.45, 7) is 4.71. The topological polar surface area (TPSA) is 53.5 Å². The number of hydrogen-bond acceptors (Lipinski definition) is 5. The molecule has 0 saturated carbocycles. The Kier molecular flexibility index (Phi) is 5.25. The van der Waals surface area contributed by atoms with E-state index in [0.717, 1.165) is 36.9 Å². The van der Waals surface area contributed by atoms with Crippen LogP contribution >= 0.6 is 11.3 Å². The molecule has 126 valence electrons. The van der Waals surface area contributed by atoms with Crippen LogP contribution in [0.4, 0.5) is 5.13 Å². The summed E-state index contributed by atoms with van der Waals surface area (Å²) < 4.78 is 0. The summed E-state index contributed by atoms with van der Waals surface area (Å²) >= 11 is 1.63. The molecule has 24 heavy (non-hydrogen) atoms. The normalized spacial score (nSPS) is 14.7.